The Balaban J connectivity index is 0.000001000. The van der Waals surface area contributed by atoms with Gasteiger partial charge in [-0.05, 0) is 12.0 Å². The Morgan fingerprint density at radius 3 is 2.36 bits per heavy atom. The van der Waals surface area contributed by atoms with Crippen LogP contribution < -0.4 is 3.53 Å². The van der Waals surface area contributed by atoms with Gasteiger partial charge < -0.3 is 0 Å². The first kappa shape index (κ1) is 11.8. The van der Waals surface area contributed by atoms with Crippen LogP contribution in [-0.4, -0.2) is 33.8 Å². The number of rotatable bonds is 3. The molecule has 3 heteroatoms. The molecule has 0 aliphatic heterocycles. The first-order chi connectivity index (χ1) is 4.93. The average molecular weight is 456 g/mol. The summed E-state index contributed by atoms with van der Waals surface area (Å²) in [5.74, 6) is 0. The number of halogens is 1. The van der Waals surface area contributed by atoms with Crippen molar-refractivity contribution in [2.75, 3.05) is 6.54 Å². The van der Waals surface area contributed by atoms with E-state index in [0.717, 1.165) is 13.0 Å². The molecule has 0 spiro atoms. The zero-order chi connectivity index (χ0) is 7.23. The maximum atomic E-state index is 3.09. The summed E-state index contributed by atoms with van der Waals surface area (Å²) in [4.78, 5) is 0. The molecule has 1 N–H and O–H groups in total. The molecular formula is C8H12INPb. The van der Waals surface area contributed by atoms with Gasteiger partial charge >= 0.3 is 27.3 Å². The number of hydrogen-bond donors (Lipinski definition) is 1. The second-order valence-corrected chi connectivity index (χ2v) is 2.88. The Morgan fingerprint density at radius 2 is 1.82 bits per heavy atom. The van der Waals surface area contributed by atoms with Crippen LogP contribution in [0.15, 0.2) is 30.3 Å². The van der Waals surface area contributed by atoms with Crippen LogP contribution in [0, 0.1) is 0 Å². The first-order valence-corrected chi connectivity index (χ1v) is 4.39. The van der Waals surface area contributed by atoms with E-state index < -0.39 is 0 Å². The molecule has 2 radical (unpaired) electrons. The fourth-order valence-corrected chi connectivity index (χ4v) is 1.11. The molecule has 60 valence electrons. The number of nitrogens with one attached hydrogen (secondary N) is 1. The standard InChI is InChI=1S/C8H10IN.Pb.2H/c9-10-7-6-8-4-2-1-3-5-8;;;/h1-5,10H,6-7H2;;;. The third kappa shape index (κ3) is 5.13. The summed E-state index contributed by atoms with van der Waals surface area (Å²) >= 11 is 2.16. The van der Waals surface area contributed by atoms with Gasteiger partial charge in [0.15, 0.2) is 0 Å². The fourth-order valence-electron chi connectivity index (χ4n) is 0.836. The van der Waals surface area contributed by atoms with Crippen molar-refractivity contribution in [1.82, 2.24) is 3.53 Å². The van der Waals surface area contributed by atoms with Gasteiger partial charge in [-0.25, -0.2) is 0 Å². The van der Waals surface area contributed by atoms with Gasteiger partial charge in [0.2, 0.25) is 0 Å². The Bertz CT molecular complexity index is 179. The van der Waals surface area contributed by atoms with Crippen molar-refractivity contribution >= 4 is 50.2 Å². The van der Waals surface area contributed by atoms with Gasteiger partial charge in [-0.15, -0.1) is 0 Å². The molecule has 0 aliphatic rings. The van der Waals surface area contributed by atoms with Gasteiger partial charge in [0.05, 0.1) is 0 Å². The minimum absolute atomic E-state index is 0. The quantitative estimate of drug-likeness (QED) is 0.411. The van der Waals surface area contributed by atoms with E-state index in [1.165, 1.54) is 5.56 Å². The summed E-state index contributed by atoms with van der Waals surface area (Å²) in [7, 11) is 0. The maximum absolute atomic E-state index is 3.09. The molecule has 0 saturated heterocycles. The third-order valence-electron chi connectivity index (χ3n) is 1.35. The Labute approximate surface area is 102 Å². The first-order valence-electron chi connectivity index (χ1n) is 3.31. The van der Waals surface area contributed by atoms with Crippen LogP contribution in [0.5, 0.6) is 0 Å². The molecule has 1 nitrogen and oxygen atoms in total. The summed E-state index contributed by atoms with van der Waals surface area (Å²) < 4.78 is 3.09. The van der Waals surface area contributed by atoms with Gasteiger partial charge in [0.25, 0.3) is 0 Å². The summed E-state index contributed by atoms with van der Waals surface area (Å²) in [6.07, 6.45) is 1.11. The van der Waals surface area contributed by atoms with Gasteiger partial charge in [-0.3, -0.25) is 3.53 Å². The van der Waals surface area contributed by atoms with Gasteiger partial charge in [-0.2, -0.15) is 0 Å². The normalized spacial score (nSPS) is 8.82. The van der Waals surface area contributed by atoms with E-state index >= 15 is 0 Å². The molecule has 1 rings (SSSR count). The monoisotopic (exact) mass is 457 g/mol. The second-order valence-electron chi connectivity index (χ2n) is 2.12. The molecule has 11 heavy (non-hydrogen) atoms. The summed E-state index contributed by atoms with van der Waals surface area (Å²) in [5, 5.41) is 0. The van der Waals surface area contributed by atoms with Gasteiger partial charge in [0.1, 0.15) is 0 Å². The van der Waals surface area contributed by atoms with Gasteiger partial charge in [0, 0.05) is 29.4 Å². The number of hydrogen-bond acceptors (Lipinski definition) is 1. The zero-order valence-electron chi connectivity index (χ0n) is 6.39. The molecule has 0 unspecified atom stereocenters. The van der Waals surface area contributed by atoms with Crippen LogP contribution in [0.2, 0.25) is 0 Å². The Hall–Kier alpha value is 0.832. The van der Waals surface area contributed by atoms with Crippen LogP contribution in [0.4, 0.5) is 0 Å². The molecule has 0 aromatic heterocycles. The molecule has 0 heterocycles. The van der Waals surface area contributed by atoms with E-state index in [9.17, 15) is 0 Å². The van der Waals surface area contributed by atoms with Crippen molar-refractivity contribution in [3.63, 3.8) is 0 Å². The minimum atomic E-state index is 0. The van der Waals surface area contributed by atoms with Crippen LogP contribution in [-0.2, 0) is 6.42 Å². The predicted molar refractivity (Wildman–Crippen MR) is 60.7 cm³/mol. The molecule has 0 aliphatic carbocycles. The summed E-state index contributed by atoms with van der Waals surface area (Å²) in [6.45, 7) is 1.05. The molecule has 0 atom stereocenters. The molecule has 1 aromatic rings. The average Bonchev–Trinajstić information content (AvgIpc) is 2.03. The molecule has 0 bridgehead atoms. The van der Waals surface area contributed by atoms with E-state index in [0.29, 0.717) is 0 Å². The van der Waals surface area contributed by atoms with E-state index in [4.69, 9.17) is 0 Å². The molecule has 1 aromatic carbocycles. The summed E-state index contributed by atoms with van der Waals surface area (Å²) in [6, 6.07) is 10.5. The van der Waals surface area contributed by atoms with E-state index in [2.05, 4.69) is 50.7 Å². The van der Waals surface area contributed by atoms with E-state index in [1.54, 1.807) is 0 Å². The Kier molecular flexibility index (Phi) is 8.05. The van der Waals surface area contributed by atoms with Crippen LogP contribution >= 0.6 is 22.9 Å². The Morgan fingerprint density at radius 1 is 1.18 bits per heavy atom. The van der Waals surface area contributed by atoms with Crippen molar-refractivity contribution < 1.29 is 0 Å². The van der Waals surface area contributed by atoms with Crippen LogP contribution in [0.1, 0.15) is 5.56 Å². The fraction of sp³-hybridized carbons (Fsp3) is 0.250. The van der Waals surface area contributed by atoms with Crippen molar-refractivity contribution in [3.8, 4) is 0 Å². The SMILES string of the molecule is INCCc1ccccc1.[PbH2]. The molecule has 0 amide bonds. The third-order valence-corrected chi connectivity index (χ3v) is 1.89. The van der Waals surface area contributed by atoms with Gasteiger partial charge in [-0.1, -0.05) is 30.3 Å². The predicted octanol–water partition coefficient (Wildman–Crippen LogP) is 1.25. The summed E-state index contributed by atoms with van der Waals surface area (Å²) in [5.41, 5.74) is 1.40. The van der Waals surface area contributed by atoms with Crippen LogP contribution in [0.25, 0.3) is 0 Å². The van der Waals surface area contributed by atoms with Crippen molar-refractivity contribution in [2.45, 2.75) is 6.42 Å². The zero-order valence-corrected chi connectivity index (χ0v) is 14.0. The van der Waals surface area contributed by atoms with Crippen molar-refractivity contribution in [1.29, 1.82) is 0 Å². The van der Waals surface area contributed by atoms with E-state index in [1.807, 2.05) is 6.07 Å². The van der Waals surface area contributed by atoms with Crippen LogP contribution in [0.3, 0.4) is 0 Å². The van der Waals surface area contributed by atoms with E-state index in [-0.39, 0.29) is 27.3 Å². The van der Waals surface area contributed by atoms with Crippen molar-refractivity contribution in [3.05, 3.63) is 35.9 Å². The van der Waals surface area contributed by atoms with Crippen molar-refractivity contribution in [2.24, 2.45) is 0 Å². The number of benzene rings is 1. The molecular weight excluding hydrogens is 444 g/mol. The molecule has 0 saturated carbocycles. The topological polar surface area (TPSA) is 12.0 Å². The second kappa shape index (κ2) is 7.48. The molecule has 0 fully saturated rings.